The molecule has 0 fully saturated rings. The molecule has 0 saturated heterocycles. The van der Waals surface area contributed by atoms with Gasteiger partial charge in [0.1, 0.15) is 11.5 Å². The van der Waals surface area contributed by atoms with Gasteiger partial charge in [-0.2, -0.15) is 30.3 Å². The SMILES string of the molecule is Cc1oc(-c2ccccc2)nc1CCOc1ccc(CCC(=O)O)c(CNC(=O)c2ccc(-c3c[c-]ccc3)o2)c1.F[CH-]F.[Fm]. The van der Waals surface area contributed by atoms with Crippen molar-refractivity contribution in [1.29, 1.82) is 0 Å². The Morgan fingerprint density at radius 3 is 2.44 bits per heavy atom. The molecule has 0 aliphatic carbocycles. The van der Waals surface area contributed by atoms with Crippen molar-refractivity contribution in [3.8, 4) is 28.5 Å². The van der Waals surface area contributed by atoms with Crippen molar-refractivity contribution in [1.82, 2.24) is 10.3 Å². The fourth-order valence-corrected chi connectivity index (χ4v) is 4.40. The van der Waals surface area contributed by atoms with Gasteiger partial charge in [-0.25, -0.2) is 4.98 Å². The number of furan rings is 1. The van der Waals surface area contributed by atoms with E-state index < -0.39 is 12.9 Å². The van der Waals surface area contributed by atoms with E-state index in [0.717, 1.165) is 33.7 Å². The van der Waals surface area contributed by atoms with E-state index in [9.17, 15) is 23.5 Å². The zero-order valence-electron chi connectivity index (χ0n) is 24.2. The number of halogens is 2. The third-order valence-corrected chi connectivity index (χ3v) is 6.57. The van der Waals surface area contributed by atoms with Gasteiger partial charge < -0.3 is 32.8 Å². The average molecular weight is 858 g/mol. The summed E-state index contributed by atoms with van der Waals surface area (Å²) in [7, 11) is 0. The van der Waals surface area contributed by atoms with Crippen LogP contribution < -0.4 is 10.1 Å². The van der Waals surface area contributed by atoms with Crippen LogP contribution in [0.5, 0.6) is 5.75 Å². The Balaban J connectivity index is 0.00000133. The van der Waals surface area contributed by atoms with Crippen LogP contribution in [0, 0.1) is 19.9 Å². The van der Waals surface area contributed by atoms with Gasteiger partial charge in [-0.3, -0.25) is 9.59 Å². The van der Waals surface area contributed by atoms with Crippen LogP contribution in [0.2, 0.25) is 0 Å². The maximum atomic E-state index is 12.8. The summed E-state index contributed by atoms with van der Waals surface area (Å²) in [6.07, 6.45) is 0.859. The number of amides is 1. The Labute approximate surface area is 253 Å². The van der Waals surface area contributed by atoms with E-state index in [4.69, 9.17) is 13.6 Å². The summed E-state index contributed by atoms with van der Waals surface area (Å²) in [6.45, 7) is 1.43. The summed E-state index contributed by atoms with van der Waals surface area (Å²) < 4.78 is 36.6. The summed E-state index contributed by atoms with van der Waals surface area (Å²) in [6, 6.07) is 28.8. The van der Waals surface area contributed by atoms with Crippen LogP contribution in [0.25, 0.3) is 22.8 Å². The minimum absolute atomic E-state index is 0. The number of nitrogens with one attached hydrogen (secondary N) is 1. The first-order valence-electron chi connectivity index (χ1n) is 13.7. The van der Waals surface area contributed by atoms with E-state index in [2.05, 4.69) is 16.4 Å². The first-order valence-corrected chi connectivity index (χ1v) is 13.7. The van der Waals surface area contributed by atoms with Crippen LogP contribution in [0.15, 0.2) is 93.8 Å². The van der Waals surface area contributed by atoms with Crippen LogP contribution in [0.3, 0.4) is 0 Å². The van der Waals surface area contributed by atoms with Crippen molar-refractivity contribution in [2.45, 2.75) is 32.7 Å². The van der Waals surface area contributed by atoms with Gasteiger partial charge in [-0.15, -0.1) is 0 Å². The molecule has 0 radical (unpaired) electrons. The number of carboxylic acid groups (broad SMARTS) is 1. The van der Waals surface area contributed by atoms with Crippen molar-refractivity contribution >= 4 is 11.9 Å². The molecule has 0 aliphatic rings. The van der Waals surface area contributed by atoms with Gasteiger partial charge in [0.2, 0.25) is 5.89 Å². The number of carbonyl (C=O) groups excluding carboxylic acids is 1. The number of aryl methyl sites for hydroxylation is 2. The summed E-state index contributed by atoms with van der Waals surface area (Å²) in [5, 5.41) is 12.1. The number of aromatic nitrogens is 1. The molecule has 0 unspecified atom stereocenters. The van der Waals surface area contributed by atoms with Gasteiger partial charge in [-0.1, -0.05) is 29.8 Å². The fraction of sp³-hybridized carbons (Fsp3) is 0.176. The Morgan fingerprint density at radius 1 is 0.978 bits per heavy atom. The average Bonchev–Trinajstić information content (AvgIpc) is 3.68. The molecule has 5 rings (SSSR count). The number of oxazole rings is 1. The quantitative estimate of drug-likeness (QED) is 0.127. The number of carboxylic acids is 1. The molecule has 0 aliphatic heterocycles. The first-order chi connectivity index (χ1) is 21.4. The summed E-state index contributed by atoms with van der Waals surface area (Å²) in [4.78, 5) is 28.7. The van der Waals surface area contributed by atoms with E-state index in [0.29, 0.717) is 36.8 Å². The van der Waals surface area contributed by atoms with Gasteiger partial charge >= 0.3 is 5.97 Å². The molecule has 11 heteroatoms. The van der Waals surface area contributed by atoms with Gasteiger partial charge in [0, 0.05) is 24.9 Å². The van der Waals surface area contributed by atoms with Crippen LogP contribution in [-0.2, 0) is 24.2 Å². The van der Waals surface area contributed by atoms with Gasteiger partial charge in [0.15, 0.2) is 5.76 Å². The summed E-state index contributed by atoms with van der Waals surface area (Å²) >= 11 is 0. The predicted octanol–water partition coefficient (Wildman–Crippen LogP) is 7.32. The number of benzene rings is 3. The number of hydrogen-bond donors (Lipinski definition) is 2. The summed E-state index contributed by atoms with van der Waals surface area (Å²) in [5.74, 6) is 1.42. The van der Waals surface area contributed by atoms with Crippen molar-refractivity contribution in [3.05, 3.63) is 126 Å². The molecular weight excluding hydrogens is 827 g/mol. The predicted molar refractivity (Wildman–Crippen MR) is 159 cm³/mol. The topological polar surface area (TPSA) is 115 Å². The smallest absolute Gasteiger partial charge is 0.303 e. The van der Waals surface area contributed by atoms with E-state index in [1.807, 2.05) is 67.6 Å². The maximum Gasteiger partial charge on any atom is 0.303 e. The molecular formula is C34H30F2FmN2O6-2. The number of nitrogens with zero attached hydrogens (tertiary/aromatic N) is 1. The van der Waals surface area contributed by atoms with Crippen molar-refractivity contribution < 1.29 is 37.0 Å². The Hall–Kier alpha value is -6.25. The number of ether oxygens (including phenoxy) is 1. The van der Waals surface area contributed by atoms with Gasteiger partial charge in [0.25, 0.3) is 5.91 Å². The molecule has 2 N–H and O–H groups in total. The Bertz CT molecular complexity index is 1660. The van der Waals surface area contributed by atoms with Crippen LogP contribution in [0.4, 0.5) is 8.78 Å². The molecule has 0 spiro atoms. The number of aliphatic carboxylic acids is 1. The second-order valence-electron chi connectivity index (χ2n) is 9.53. The van der Waals surface area contributed by atoms with Crippen LogP contribution in [0.1, 0.15) is 39.6 Å². The molecule has 5 aromatic rings. The second kappa shape index (κ2) is 16.4. The Kier molecular flexibility index (Phi) is 12.1. The number of hydrogen-bond acceptors (Lipinski definition) is 6. The van der Waals surface area contributed by atoms with Crippen LogP contribution in [-0.4, -0.2) is 28.6 Å². The van der Waals surface area contributed by atoms with E-state index >= 15 is 0 Å². The van der Waals surface area contributed by atoms with E-state index in [-0.39, 0.29) is 24.6 Å². The molecule has 3 aromatic carbocycles. The fourth-order valence-electron chi connectivity index (χ4n) is 4.40. The molecule has 0 atom stereocenters. The molecule has 2 aromatic heterocycles. The monoisotopic (exact) mass is 857 g/mol. The molecule has 0 bridgehead atoms. The van der Waals surface area contributed by atoms with Crippen molar-refractivity contribution in [2.75, 3.05) is 6.61 Å². The van der Waals surface area contributed by atoms with Crippen LogP contribution >= 0.6 is 0 Å². The minimum Gasteiger partial charge on any atom is -0.493 e. The molecule has 45 heavy (non-hydrogen) atoms. The molecule has 1 amide bonds. The normalized spacial score (nSPS) is 10.3. The number of rotatable bonds is 12. The zero-order valence-corrected chi connectivity index (χ0v) is 26.6. The molecule has 0 saturated carbocycles. The maximum absolute atomic E-state index is 12.8. The second-order valence-corrected chi connectivity index (χ2v) is 9.53. The molecule has 2 heterocycles. The van der Waals surface area contributed by atoms with E-state index in [1.165, 1.54) is 0 Å². The van der Waals surface area contributed by atoms with Gasteiger partial charge in [-0.05, 0) is 67.8 Å². The third-order valence-electron chi connectivity index (χ3n) is 6.57. The largest absolute Gasteiger partial charge is 0.493 e. The van der Waals surface area contributed by atoms with Crippen molar-refractivity contribution in [3.63, 3.8) is 0 Å². The number of carbonyl (C=O) groups is 2. The van der Waals surface area contributed by atoms with Crippen molar-refractivity contribution in [2.24, 2.45) is 0 Å². The molecule has 240 valence electrons. The molecule has 8 nitrogen and oxygen atoms in total. The third kappa shape index (κ3) is 9.37. The Morgan fingerprint density at radius 2 is 1.73 bits per heavy atom. The summed E-state index contributed by atoms with van der Waals surface area (Å²) in [5.41, 5.74) is 4.14. The zero-order chi connectivity index (χ0) is 31.3. The first kappa shape index (κ1) is 33.3. The minimum atomic E-state index is -1.00. The van der Waals surface area contributed by atoms with E-state index in [1.54, 1.807) is 24.3 Å². The van der Waals surface area contributed by atoms with Gasteiger partial charge in [0.05, 0.1) is 18.1 Å². The standard InChI is InChI=1S/C33H29N2O6.CHF2.Fm/c1-22-28(35-33(40-22)25-10-6-3-7-11-25)18-19-39-27-14-12-23(13-17-31(36)37)26(20-27)21-34-32(38)30-16-15-29(41-30)24-8-4-2-5-9-24;2-1-3;/h2-4,6-12,14-16,20H,13,17-19,21H2,1H3,(H,34,38)(H,36,37);1H;/q2*-1;.